The van der Waals surface area contributed by atoms with Crippen LogP contribution in [0.3, 0.4) is 0 Å². The second-order valence-corrected chi connectivity index (χ2v) is 4.63. The first kappa shape index (κ1) is 12.0. The molecule has 2 heterocycles. The zero-order valence-electron chi connectivity index (χ0n) is 10.7. The maximum atomic E-state index is 12.3. The van der Waals surface area contributed by atoms with Crippen molar-refractivity contribution in [2.24, 2.45) is 0 Å². The molecule has 0 atom stereocenters. The first-order chi connectivity index (χ1) is 9.20. The Morgan fingerprint density at radius 1 is 1.47 bits per heavy atom. The Balaban J connectivity index is 2.15. The Bertz CT molecular complexity index is 699. The SMILES string of the molecule is CCOC(=O)c1cc2nc3c(c(=O)n2[nH]1)CCCC3. The number of aromatic amines is 1. The molecule has 100 valence electrons. The van der Waals surface area contributed by atoms with Crippen LogP contribution in [0, 0.1) is 0 Å². The maximum absolute atomic E-state index is 12.3. The zero-order valence-corrected chi connectivity index (χ0v) is 10.7. The van der Waals surface area contributed by atoms with Crippen LogP contribution >= 0.6 is 0 Å². The van der Waals surface area contributed by atoms with Crippen LogP contribution in [-0.2, 0) is 17.6 Å². The highest BCUT2D eigenvalue weighted by atomic mass is 16.5. The first-order valence-electron chi connectivity index (χ1n) is 6.51. The fourth-order valence-electron chi connectivity index (χ4n) is 2.47. The highest BCUT2D eigenvalue weighted by molar-refractivity contribution is 5.88. The third-order valence-electron chi connectivity index (χ3n) is 3.38. The van der Waals surface area contributed by atoms with Crippen molar-refractivity contribution in [3.8, 4) is 0 Å². The number of hydrogen-bond acceptors (Lipinski definition) is 4. The van der Waals surface area contributed by atoms with Crippen molar-refractivity contribution in [3.05, 3.63) is 33.4 Å². The fourth-order valence-corrected chi connectivity index (χ4v) is 2.47. The van der Waals surface area contributed by atoms with E-state index in [-0.39, 0.29) is 11.3 Å². The number of hydrogen-bond donors (Lipinski definition) is 1. The van der Waals surface area contributed by atoms with Crippen molar-refractivity contribution in [1.82, 2.24) is 14.6 Å². The molecule has 1 N–H and O–H groups in total. The Morgan fingerprint density at radius 3 is 3.05 bits per heavy atom. The quantitative estimate of drug-likeness (QED) is 0.821. The summed E-state index contributed by atoms with van der Waals surface area (Å²) in [6.07, 6.45) is 3.67. The second-order valence-electron chi connectivity index (χ2n) is 4.63. The van der Waals surface area contributed by atoms with Crippen molar-refractivity contribution >= 4 is 11.6 Å². The van der Waals surface area contributed by atoms with Crippen LogP contribution in [0.4, 0.5) is 0 Å². The molecule has 0 fully saturated rings. The van der Waals surface area contributed by atoms with Crippen molar-refractivity contribution in [1.29, 1.82) is 0 Å². The molecule has 1 aliphatic carbocycles. The Kier molecular flexibility index (Phi) is 2.85. The number of H-pyrrole nitrogens is 1. The Hall–Kier alpha value is -2.11. The summed E-state index contributed by atoms with van der Waals surface area (Å²) in [6, 6.07) is 1.56. The van der Waals surface area contributed by atoms with E-state index in [1.807, 2.05) is 0 Å². The second kappa shape index (κ2) is 4.53. The van der Waals surface area contributed by atoms with Gasteiger partial charge in [-0.05, 0) is 32.6 Å². The smallest absolute Gasteiger partial charge is 0.356 e. The average Bonchev–Trinajstić information content (AvgIpc) is 2.84. The molecule has 0 radical (unpaired) electrons. The van der Waals surface area contributed by atoms with Gasteiger partial charge >= 0.3 is 5.97 Å². The normalized spacial score (nSPS) is 14.4. The molecule has 0 amide bonds. The lowest BCUT2D eigenvalue weighted by molar-refractivity contribution is 0.0519. The van der Waals surface area contributed by atoms with Crippen LogP contribution < -0.4 is 5.56 Å². The van der Waals surface area contributed by atoms with E-state index in [1.54, 1.807) is 13.0 Å². The molecule has 1 aliphatic rings. The Morgan fingerprint density at radius 2 is 2.26 bits per heavy atom. The van der Waals surface area contributed by atoms with Crippen LogP contribution in [0.5, 0.6) is 0 Å². The molecule has 0 aliphatic heterocycles. The highest BCUT2D eigenvalue weighted by Crippen LogP contribution is 2.17. The number of esters is 1. The third kappa shape index (κ3) is 1.93. The monoisotopic (exact) mass is 261 g/mol. The van der Waals surface area contributed by atoms with Gasteiger partial charge in [0.05, 0.1) is 12.3 Å². The highest BCUT2D eigenvalue weighted by Gasteiger charge is 2.19. The molecular weight excluding hydrogens is 246 g/mol. The fraction of sp³-hybridized carbons (Fsp3) is 0.462. The van der Waals surface area contributed by atoms with Gasteiger partial charge in [0.15, 0.2) is 5.65 Å². The van der Waals surface area contributed by atoms with Gasteiger partial charge in [0.25, 0.3) is 5.56 Å². The van der Waals surface area contributed by atoms with Crippen molar-refractivity contribution in [3.63, 3.8) is 0 Å². The number of carbonyl (C=O) groups is 1. The summed E-state index contributed by atoms with van der Waals surface area (Å²) in [4.78, 5) is 28.4. The van der Waals surface area contributed by atoms with Gasteiger partial charge in [-0.15, -0.1) is 0 Å². The van der Waals surface area contributed by atoms with E-state index >= 15 is 0 Å². The van der Waals surface area contributed by atoms with Crippen LogP contribution in [0.1, 0.15) is 41.5 Å². The summed E-state index contributed by atoms with van der Waals surface area (Å²) in [7, 11) is 0. The van der Waals surface area contributed by atoms with Crippen LogP contribution in [0.2, 0.25) is 0 Å². The molecule has 0 bridgehead atoms. The minimum atomic E-state index is -0.467. The number of nitrogens with zero attached hydrogens (tertiary/aromatic N) is 2. The van der Waals surface area contributed by atoms with Crippen LogP contribution in [0.25, 0.3) is 5.65 Å². The van der Waals surface area contributed by atoms with Gasteiger partial charge in [0.2, 0.25) is 0 Å². The summed E-state index contributed by atoms with van der Waals surface area (Å²) >= 11 is 0. The molecule has 6 nitrogen and oxygen atoms in total. The van der Waals surface area contributed by atoms with E-state index in [1.165, 1.54) is 4.52 Å². The summed E-state index contributed by atoms with van der Waals surface area (Å²) < 4.78 is 6.24. The zero-order chi connectivity index (χ0) is 13.4. The number of fused-ring (bicyclic) bond motifs is 2. The standard InChI is InChI=1S/C13H15N3O3/c1-2-19-13(18)10-7-11-14-9-6-4-3-5-8(9)12(17)16(11)15-10/h7,15H,2-6H2,1H3. The van der Waals surface area contributed by atoms with Crippen LogP contribution in [-0.4, -0.2) is 27.2 Å². The third-order valence-corrected chi connectivity index (χ3v) is 3.38. The van der Waals surface area contributed by atoms with E-state index in [4.69, 9.17) is 4.74 Å². The van der Waals surface area contributed by atoms with E-state index in [2.05, 4.69) is 10.1 Å². The minimum Gasteiger partial charge on any atom is -0.461 e. The van der Waals surface area contributed by atoms with Gasteiger partial charge < -0.3 is 4.74 Å². The molecule has 0 saturated heterocycles. The van der Waals surface area contributed by atoms with Crippen molar-refractivity contribution in [2.75, 3.05) is 6.61 Å². The first-order valence-corrected chi connectivity index (χ1v) is 6.51. The van der Waals surface area contributed by atoms with Gasteiger partial charge in [0, 0.05) is 11.6 Å². The number of aromatic nitrogens is 3. The summed E-state index contributed by atoms with van der Waals surface area (Å²) in [5.74, 6) is -0.467. The molecule has 2 aromatic rings. The molecule has 0 spiro atoms. The molecule has 6 heteroatoms. The molecule has 19 heavy (non-hydrogen) atoms. The van der Waals surface area contributed by atoms with Gasteiger partial charge in [-0.25, -0.2) is 14.3 Å². The topological polar surface area (TPSA) is 76.5 Å². The molecular formula is C13H15N3O3. The predicted octanol–water partition coefficient (Wildman–Crippen LogP) is 1.08. The van der Waals surface area contributed by atoms with Crippen LogP contribution in [0.15, 0.2) is 10.9 Å². The number of ether oxygens (including phenoxy) is 1. The van der Waals surface area contributed by atoms with E-state index in [9.17, 15) is 9.59 Å². The van der Waals surface area contributed by atoms with Gasteiger partial charge in [0.1, 0.15) is 5.69 Å². The van der Waals surface area contributed by atoms with E-state index < -0.39 is 5.97 Å². The van der Waals surface area contributed by atoms with Crippen molar-refractivity contribution in [2.45, 2.75) is 32.6 Å². The van der Waals surface area contributed by atoms with E-state index in [0.717, 1.165) is 36.9 Å². The van der Waals surface area contributed by atoms with Crippen molar-refractivity contribution < 1.29 is 9.53 Å². The summed E-state index contributed by atoms with van der Waals surface area (Å²) in [6.45, 7) is 2.04. The van der Waals surface area contributed by atoms with Gasteiger partial charge in [-0.3, -0.25) is 9.89 Å². The van der Waals surface area contributed by atoms with Gasteiger partial charge in [-0.1, -0.05) is 0 Å². The summed E-state index contributed by atoms with van der Waals surface area (Å²) in [5.41, 5.74) is 2.27. The average molecular weight is 261 g/mol. The summed E-state index contributed by atoms with van der Waals surface area (Å²) in [5, 5.41) is 2.77. The maximum Gasteiger partial charge on any atom is 0.356 e. The van der Waals surface area contributed by atoms with E-state index in [0.29, 0.717) is 12.3 Å². The van der Waals surface area contributed by atoms with Gasteiger partial charge in [-0.2, -0.15) is 0 Å². The number of nitrogens with one attached hydrogen (secondary N) is 1. The minimum absolute atomic E-state index is 0.102. The Labute approximate surface area is 109 Å². The molecule has 2 aromatic heterocycles. The lowest BCUT2D eigenvalue weighted by Crippen LogP contribution is -2.25. The molecule has 0 saturated carbocycles. The largest absolute Gasteiger partial charge is 0.461 e. The number of aryl methyl sites for hydroxylation is 1. The molecule has 0 aromatic carbocycles. The predicted molar refractivity (Wildman–Crippen MR) is 68.4 cm³/mol. The number of carbonyl (C=O) groups excluding carboxylic acids is 1. The molecule has 3 rings (SSSR count). The number of rotatable bonds is 2. The lowest BCUT2D eigenvalue weighted by atomic mass is 9.97. The molecule has 0 unspecified atom stereocenters. The lowest BCUT2D eigenvalue weighted by Gasteiger charge is -2.13.